The summed E-state index contributed by atoms with van der Waals surface area (Å²) in [6.07, 6.45) is 2.01. The predicted molar refractivity (Wildman–Crippen MR) is 193 cm³/mol. The molecule has 2 aromatic rings. The zero-order chi connectivity index (χ0) is 37.3. The maximum absolute atomic E-state index is 12.9. The SMILES string of the molecule is CC(=O)OC[C@H]1O[C@H](/C=C(\[Te]c2ccc(C)cc2)c2ccc3c(c2)CC[C@@H]2[C@@H]3CC[C@]3(C)C(=O)CC[C@@H]23)[C@H](OC(C)=O)[C@@H](OC(C)=O)[C@@H]1OC(C)=O. The van der Waals surface area contributed by atoms with Crippen LogP contribution in [0.5, 0.6) is 0 Å². The minimum atomic E-state index is -1.23. The van der Waals surface area contributed by atoms with E-state index in [1.54, 1.807) is 0 Å². The Morgan fingerprint density at radius 1 is 0.846 bits per heavy atom. The van der Waals surface area contributed by atoms with Crippen LogP contribution in [-0.4, -0.2) is 87.7 Å². The van der Waals surface area contributed by atoms with E-state index in [0.29, 0.717) is 30.0 Å². The van der Waals surface area contributed by atoms with Crippen molar-refractivity contribution in [2.75, 3.05) is 6.61 Å². The molecule has 3 fully saturated rings. The van der Waals surface area contributed by atoms with Crippen molar-refractivity contribution in [3.05, 3.63) is 70.8 Å². The van der Waals surface area contributed by atoms with Crippen LogP contribution in [0.3, 0.4) is 0 Å². The minimum absolute atomic E-state index is 0.183. The molecule has 52 heavy (non-hydrogen) atoms. The summed E-state index contributed by atoms with van der Waals surface area (Å²) in [7, 11) is 0. The van der Waals surface area contributed by atoms with Gasteiger partial charge in [-0.2, -0.15) is 0 Å². The number of ether oxygens (including phenoxy) is 5. The van der Waals surface area contributed by atoms with E-state index < -0.39 is 75.3 Å². The van der Waals surface area contributed by atoms with Crippen LogP contribution in [0.25, 0.3) is 3.62 Å². The maximum atomic E-state index is 12.9. The number of benzene rings is 2. The van der Waals surface area contributed by atoms with Gasteiger partial charge >= 0.3 is 317 Å². The molecule has 9 atom stereocenters. The number of aryl methyl sites for hydroxylation is 2. The van der Waals surface area contributed by atoms with Crippen molar-refractivity contribution >= 4 is 57.8 Å². The zero-order valence-corrected chi connectivity index (χ0v) is 33.0. The van der Waals surface area contributed by atoms with Crippen LogP contribution in [0.2, 0.25) is 0 Å². The molecule has 2 saturated carbocycles. The van der Waals surface area contributed by atoms with E-state index >= 15 is 0 Å². The van der Waals surface area contributed by atoms with Crippen LogP contribution in [-0.2, 0) is 54.1 Å². The van der Waals surface area contributed by atoms with Crippen molar-refractivity contribution in [1.82, 2.24) is 0 Å². The monoisotopic (exact) mass is 830 g/mol. The van der Waals surface area contributed by atoms with Gasteiger partial charge in [0.2, 0.25) is 0 Å². The first-order chi connectivity index (χ1) is 24.7. The molecule has 278 valence electrons. The summed E-state index contributed by atoms with van der Waals surface area (Å²) >= 11 is -1.06. The van der Waals surface area contributed by atoms with Crippen molar-refractivity contribution in [3.8, 4) is 0 Å². The zero-order valence-electron chi connectivity index (χ0n) is 30.7. The summed E-state index contributed by atoms with van der Waals surface area (Å²) in [6.45, 7) is 8.91. The van der Waals surface area contributed by atoms with Gasteiger partial charge in [0.05, 0.1) is 0 Å². The molecule has 0 N–H and O–H groups in total. The third-order valence-corrected chi connectivity index (χ3v) is 14.4. The van der Waals surface area contributed by atoms with Crippen LogP contribution in [0, 0.1) is 24.2 Å². The van der Waals surface area contributed by atoms with E-state index in [2.05, 4.69) is 49.4 Å². The standard InChI is InChI=1S/C41H48O10Te/c1-22-7-11-29(12-8-22)52-36(28-10-13-30-27(19-28)9-14-32-31(30)17-18-41(6)33(32)15-16-37(41)46)20-34-38(48-24(3)43)40(50-26(5)45)39(49-25(4)44)35(51-34)21-47-23(2)42/h7-8,10-13,19-20,31-35,38-40H,9,14-18,21H2,1-6H3/b36-20-/t31-,32-,33+,34-,35-,38+,39-,40-,41+/m1/s1. The predicted octanol–water partition coefficient (Wildman–Crippen LogP) is 4.92. The van der Waals surface area contributed by atoms with E-state index in [1.165, 1.54) is 42.4 Å². The average Bonchev–Trinajstić information content (AvgIpc) is 3.39. The average molecular weight is 828 g/mol. The first-order valence-corrected chi connectivity index (χ1v) is 20.5. The number of esters is 4. The molecule has 10 nitrogen and oxygen atoms in total. The van der Waals surface area contributed by atoms with Gasteiger partial charge < -0.3 is 0 Å². The Hall–Kier alpha value is -3.52. The third-order valence-electron chi connectivity index (χ3n) is 11.3. The van der Waals surface area contributed by atoms with Crippen LogP contribution in [0.1, 0.15) is 94.9 Å². The molecule has 4 aliphatic rings. The Bertz CT molecular complexity index is 1750. The second-order valence-corrected chi connectivity index (χ2v) is 18.0. The molecular weight excluding hydrogens is 780 g/mol. The van der Waals surface area contributed by atoms with Crippen molar-refractivity contribution in [2.24, 2.45) is 17.3 Å². The van der Waals surface area contributed by atoms with Gasteiger partial charge in [-0.3, -0.25) is 0 Å². The number of Topliss-reactive ketones (excluding diaryl/α,β-unsaturated/α-hetero) is 1. The molecule has 0 amide bonds. The normalized spacial score (nSPS) is 31.0. The fraction of sp³-hybridized carbons (Fsp3) is 0.537. The van der Waals surface area contributed by atoms with Crippen LogP contribution < -0.4 is 3.61 Å². The number of rotatable bonds is 9. The molecule has 6 rings (SSSR count). The Balaban J connectivity index is 1.41. The van der Waals surface area contributed by atoms with Gasteiger partial charge in [0.15, 0.2) is 0 Å². The topological polar surface area (TPSA) is 132 Å². The molecular formula is C41H48O10Te. The first-order valence-electron chi connectivity index (χ1n) is 18.2. The molecule has 2 aromatic carbocycles. The van der Waals surface area contributed by atoms with E-state index in [-0.39, 0.29) is 12.0 Å². The first kappa shape index (κ1) is 38.2. The van der Waals surface area contributed by atoms with Crippen molar-refractivity contribution in [2.45, 2.75) is 117 Å². The molecule has 0 spiro atoms. The summed E-state index contributed by atoms with van der Waals surface area (Å²) < 4.78 is 31.2. The molecule has 11 heteroatoms. The number of hydrogen-bond donors (Lipinski definition) is 0. The second-order valence-electron chi connectivity index (χ2n) is 14.9. The summed E-state index contributed by atoms with van der Waals surface area (Å²) in [4.78, 5) is 62.0. The van der Waals surface area contributed by atoms with Gasteiger partial charge in [0.1, 0.15) is 0 Å². The molecule has 1 heterocycles. The molecule has 3 aliphatic carbocycles. The van der Waals surface area contributed by atoms with Gasteiger partial charge in [-0.25, -0.2) is 0 Å². The fourth-order valence-electron chi connectivity index (χ4n) is 8.97. The molecule has 1 saturated heterocycles. The van der Waals surface area contributed by atoms with Gasteiger partial charge in [-0.15, -0.1) is 0 Å². The van der Waals surface area contributed by atoms with Crippen LogP contribution >= 0.6 is 0 Å². The number of fused-ring (bicyclic) bond motifs is 5. The van der Waals surface area contributed by atoms with Crippen molar-refractivity contribution in [3.63, 3.8) is 0 Å². The molecule has 0 unspecified atom stereocenters. The van der Waals surface area contributed by atoms with Crippen LogP contribution in [0.15, 0.2) is 48.5 Å². The Morgan fingerprint density at radius 2 is 1.52 bits per heavy atom. The summed E-state index contributed by atoms with van der Waals surface area (Å²) in [5.41, 5.74) is 4.69. The van der Waals surface area contributed by atoms with Gasteiger partial charge in [0.25, 0.3) is 0 Å². The molecule has 1 aliphatic heterocycles. The second kappa shape index (κ2) is 15.8. The van der Waals surface area contributed by atoms with E-state index in [0.717, 1.165) is 46.9 Å². The van der Waals surface area contributed by atoms with E-state index in [1.807, 2.05) is 13.0 Å². The van der Waals surface area contributed by atoms with Gasteiger partial charge in [0, 0.05) is 0 Å². The van der Waals surface area contributed by atoms with Crippen LogP contribution in [0.4, 0.5) is 0 Å². The quantitative estimate of drug-likeness (QED) is 0.195. The molecule has 0 radical (unpaired) electrons. The molecule has 0 aromatic heterocycles. The summed E-state index contributed by atoms with van der Waals surface area (Å²) in [6, 6.07) is 15.2. The summed E-state index contributed by atoms with van der Waals surface area (Å²) in [5.74, 6) is -0.695. The van der Waals surface area contributed by atoms with Crippen molar-refractivity contribution < 1.29 is 47.7 Å². The number of carbonyl (C=O) groups excluding carboxylic acids is 5. The van der Waals surface area contributed by atoms with Gasteiger partial charge in [-0.05, 0) is 0 Å². The summed E-state index contributed by atoms with van der Waals surface area (Å²) in [5, 5.41) is 0. The number of hydrogen-bond acceptors (Lipinski definition) is 10. The van der Waals surface area contributed by atoms with Crippen molar-refractivity contribution in [1.29, 1.82) is 0 Å². The third kappa shape index (κ3) is 8.17. The Labute approximate surface area is 315 Å². The number of carbonyl (C=O) groups is 5. The molecule has 0 bridgehead atoms. The Morgan fingerprint density at radius 3 is 2.19 bits per heavy atom. The van der Waals surface area contributed by atoms with E-state index in [9.17, 15) is 24.0 Å². The number of ketones is 1. The van der Waals surface area contributed by atoms with E-state index in [4.69, 9.17) is 23.7 Å². The van der Waals surface area contributed by atoms with Gasteiger partial charge in [-0.1, -0.05) is 0 Å². The fourth-order valence-corrected chi connectivity index (χ4v) is 11.8. The Kier molecular flexibility index (Phi) is 11.6.